The van der Waals surface area contributed by atoms with E-state index in [2.05, 4.69) is 174 Å². The second kappa shape index (κ2) is 38.2. The Bertz CT molecular complexity index is 4390. The van der Waals surface area contributed by atoms with Crippen LogP contribution in [0.4, 0.5) is 0 Å². The van der Waals surface area contributed by atoms with Crippen LogP contribution in [0.5, 0.6) is 0 Å². The maximum absolute atomic E-state index is 12.4. The summed E-state index contributed by atoms with van der Waals surface area (Å²) in [6, 6.07) is 33.6. The molecule has 10 nitrogen and oxygen atoms in total. The zero-order valence-corrected chi connectivity index (χ0v) is 72.0. The van der Waals surface area contributed by atoms with Crippen LogP contribution in [0.25, 0.3) is 45.5 Å². The number of thiophene rings is 4. The topological polar surface area (TPSA) is 73.6 Å². The summed E-state index contributed by atoms with van der Waals surface area (Å²) in [5, 5.41) is 19.2. The number of para-hydroxylation sites is 4. The van der Waals surface area contributed by atoms with Crippen LogP contribution in [0.3, 0.4) is 0 Å². The van der Waals surface area contributed by atoms with Crippen LogP contribution in [0, 0.1) is 9.54 Å². The molecule has 0 N–H and O–H groups in total. The third kappa shape index (κ3) is 17.6. The van der Waals surface area contributed by atoms with Crippen LogP contribution in [0.15, 0.2) is 190 Å². The van der Waals surface area contributed by atoms with Gasteiger partial charge in [0.1, 0.15) is 0 Å². The Kier molecular flexibility index (Phi) is 31.7. The van der Waals surface area contributed by atoms with Gasteiger partial charge in [-0.25, -0.2) is 9.59 Å². The van der Waals surface area contributed by atoms with Crippen LogP contribution in [0.2, 0.25) is 0 Å². The summed E-state index contributed by atoms with van der Waals surface area (Å²) in [4.78, 5) is 24.8. The molecule has 8 aromatic heterocycles. The summed E-state index contributed by atoms with van der Waals surface area (Å²) in [5.41, 5.74) is 17.3. The first-order valence-electron chi connectivity index (χ1n) is 33.3. The van der Waals surface area contributed by atoms with E-state index < -0.39 is 0 Å². The molecular weight excluding hydrogens is 1620 g/mol. The average molecular weight is 1700 g/mol. The number of imidazole rings is 4. The molecule has 0 spiro atoms. The zero-order valence-electron chi connectivity index (χ0n) is 58.6. The van der Waals surface area contributed by atoms with Crippen molar-refractivity contribution in [2.75, 3.05) is 0 Å². The van der Waals surface area contributed by atoms with Crippen molar-refractivity contribution in [2.24, 2.45) is 0 Å². The summed E-state index contributed by atoms with van der Waals surface area (Å²) in [6.45, 7) is 26.6. The molecule has 0 saturated heterocycles. The molecule has 12 aromatic rings. The summed E-state index contributed by atoms with van der Waals surface area (Å²) in [7, 11) is 0. The van der Waals surface area contributed by atoms with E-state index in [9.17, 15) is 9.59 Å². The fraction of sp³-hybridized carbons (Fsp3) is 0.316. The summed E-state index contributed by atoms with van der Waals surface area (Å²) in [6.07, 6.45) is 8.17. The molecule has 0 fully saturated rings. The van der Waals surface area contributed by atoms with Gasteiger partial charge in [-0.05, 0) is 164 Å². The molecular formula is C76H80N8Ni2O2S14-8. The summed E-state index contributed by atoms with van der Waals surface area (Å²) >= 11 is 63.3. The third-order valence-corrected chi connectivity index (χ3v) is 23.9. The molecule has 0 amide bonds. The van der Waals surface area contributed by atoms with E-state index in [0.717, 1.165) is 96.9 Å². The molecule has 8 heterocycles. The standard InChI is InChI=1S/2C27H36N2S3.2C11H8N2OS4.2Ni/c2*1-7-11-19-13-9-15-21(17(3)4)23(19)28-25(30)26(31)29(27(28)32)24-20(12-8-2)14-10-16-22(24)18(5)6;2*14-11-12(7-1-3-17-5-7)9(15)10(16)13(11)8-2-4-18-6-8;;/h2*9-10,13-18,30-31H,7-8,11-12H2,1-6H3;2*1-6,15-16H;;/p-8. The van der Waals surface area contributed by atoms with E-state index in [1.807, 2.05) is 67.3 Å². The van der Waals surface area contributed by atoms with Gasteiger partial charge in [0.25, 0.3) is 0 Å². The Morgan fingerprint density at radius 2 is 0.500 bits per heavy atom. The Hall–Kier alpha value is -4.69. The molecule has 0 aliphatic heterocycles. The fourth-order valence-electron chi connectivity index (χ4n) is 12.4. The number of rotatable bonds is 20. The molecule has 26 heteroatoms. The van der Waals surface area contributed by atoms with Gasteiger partial charge in [-0.3, -0.25) is 18.3 Å². The normalized spacial score (nSPS) is 11.1. The van der Waals surface area contributed by atoms with Gasteiger partial charge in [-0.15, -0.1) is 20.1 Å². The first kappa shape index (κ1) is 84.6. The molecule has 12 rings (SSSR count). The molecule has 0 bridgehead atoms. The van der Waals surface area contributed by atoms with Gasteiger partial charge in [0.15, 0.2) is 9.54 Å². The molecule has 0 aliphatic rings. The predicted octanol–water partition coefficient (Wildman–Crippen LogP) is 21.0. The van der Waals surface area contributed by atoms with Crippen molar-refractivity contribution in [3.63, 3.8) is 0 Å². The Morgan fingerprint density at radius 1 is 0.314 bits per heavy atom. The van der Waals surface area contributed by atoms with Crippen molar-refractivity contribution in [3.05, 3.63) is 215 Å². The maximum Gasteiger partial charge on any atom is 0.334 e. The van der Waals surface area contributed by atoms with E-state index in [4.69, 9.17) is 125 Å². The van der Waals surface area contributed by atoms with Gasteiger partial charge >= 0.3 is 11.4 Å². The van der Waals surface area contributed by atoms with Crippen molar-refractivity contribution < 1.29 is 33.0 Å². The largest absolute Gasteiger partial charge is 0.762 e. The number of nitrogens with zero attached hydrogens (tertiary/aromatic N) is 8. The van der Waals surface area contributed by atoms with Gasteiger partial charge in [0, 0.05) is 54.5 Å². The second-order valence-electron chi connectivity index (χ2n) is 25.2. The van der Waals surface area contributed by atoms with Gasteiger partial charge in [-0.2, -0.15) is 45.3 Å². The number of benzene rings is 4. The van der Waals surface area contributed by atoms with Gasteiger partial charge in [0.2, 0.25) is 0 Å². The monoisotopic (exact) mass is 1700 g/mol. The minimum atomic E-state index is -0.207. The van der Waals surface area contributed by atoms with Crippen LogP contribution in [-0.2, 0) is 160 Å². The molecule has 4 aromatic carbocycles. The summed E-state index contributed by atoms with van der Waals surface area (Å²) in [5.74, 6) is 1.42. The average Bonchev–Trinajstić information content (AvgIpc) is 1.59. The molecule has 0 saturated carbocycles. The van der Waals surface area contributed by atoms with Crippen LogP contribution in [0.1, 0.15) is 177 Å². The van der Waals surface area contributed by atoms with Crippen molar-refractivity contribution in [1.82, 2.24) is 36.5 Å². The molecule has 0 radical (unpaired) electrons. The molecule has 0 aliphatic carbocycles. The zero-order chi connectivity index (χ0) is 72.5. The number of hydrogen-bond donors (Lipinski definition) is 0. The Morgan fingerprint density at radius 3 is 0.657 bits per heavy atom. The first-order valence-corrected chi connectivity index (χ1v) is 41.2. The number of aromatic nitrogens is 8. The smallest absolute Gasteiger partial charge is 0.334 e. The van der Waals surface area contributed by atoms with Gasteiger partial charge in [0.05, 0.1) is 45.5 Å². The Balaban J connectivity index is 0.000000195. The van der Waals surface area contributed by atoms with Gasteiger partial charge < -0.3 is 119 Å². The maximum atomic E-state index is 12.4. The van der Waals surface area contributed by atoms with Crippen LogP contribution < -0.4 is 11.4 Å². The van der Waals surface area contributed by atoms with E-state index in [1.165, 1.54) is 108 Å². The van der Waals surface area contributed by atoms with Crippen LogP contribution in [-0.4, -0.2) is 36.5 Å². The SMILES string of the molecule is CCCc1cccc(C(C)C)c1-n1c([S-])c([S-])n(-c2c(CCC)cccc2C(C)C)c1=S.CCCc1cccc(C(C)C)c1-n1c([S-])c([S-])n(-c2c(CCC)cccc2C(C)C)c1=S.O=c1n(-c2ccsc2)c([S-])c([S-])n1-c1ccsc1.O=c1n(-c2ccsc2)c([S-])c([S-])n1-c1ccsc1.[Ni].[Ni]. The fourth-order valence-corrected chi connectivity index (χ4v) is 18.0. The van der Waals surface area contributed by atoms with E-state index in [-0.39, 0.29) is 44.4 Å². The second-order valence-corrected chi connectivity index (χ2v) is 32.2. The van der Waals surface area contributed by atoms with E-state index >= 15 is 0 Å². The molecule has 102 heavy (non-hydrogen) atoms. The quantitative estimate of drug-likeness (QED) is 0.0414. The number of aryl methyl sites for hydroxylation is 4. The first-order chi connectivity index (χ1) is 47.9. The minimum Gasteiger partial charge on any atom is -0.762 e. The molecule has 0 atom stereocenters. The Labute approximate surface area is 691 Å². The van der Waals surface area contributed by atoms with Crippen molar-refractivity contribution in [1.29, 1.82) is 0 Å². The minimum absolute atomic E-state index is 0. The van der Waals surface area contributed by atoms with E-state index in [1.54, 1.807) is 0 Å². The van der Waals surface area contributed by atoms with E-state index in [0.29, 0.717) is 73.4 Å². The van der Waals surface area contributed by atoms with Crippen molar-refractivity contribution in [2.45, 2.75) is 198 Å². The number of hydrogen-bond acceptors (Lipinski definition) is 16. The molecule has 0 unspecified atom stereocenters. The van der Waals surface area contributed by atoms with Crippen LogP contribution >= 0.6 is 69.8 Å². The van der Waals surface area contributed by atoms with Crippen molar-refractivity contribution >= 4 is 171 Å². The predicted molar refractivity (Wildman–Crippen MR) is 443 cm³/mol. The van der Waals surface area contributed by atoms with Crippen molar-refractivity contribution in [3.8, 4) is 45.5 Å². The summed E-state index contributed by atoms with van der Waals surface area (Å²) < 4.78 is 15.5. The molecule has 548 valence electrons. The van der Waals surface area contributed by atoms with Gasteiger partial charge in [-0.1, -0.05) is 202 Å². The third-order valence-electron chi connectivity index (χ3n) is 17.0.